The zero-order valence-corrected chi connectivity index (χ0v) is 23.6. The van der Waals surface area contributed by atoms with Crippen LogP contribution in [0.1, 0.15) is 41.2 Å². The summed E-state index contributed by atoms with van der Waals surface area (Å²) in [5.74, 6) is -6.53. The number of nitrogens with zero attached hydrogens (tertiary/aromatic N) is 1. The Balaban J connectivity index is 1.58. The highest BCUT2D eigenvalue weighted by Gasteiger charge is 2.64. The second kappa shape index (κ2) is 10.5. The average molecular weight is 575 g/mol. The lowest BCUT2D eigenvalue weighted by Gasteiger charge is -2.50. The Labute approximate surface area is 242 Å². The van der Waals surface area contributed by atoms with Gasteiger partial charge in [0.05, 0.1) is 11.6 Å². The number of Topliss-reactive ketones (excluding diaryl/α,β-unsaturated/α-hetero) is 2. The van der Waals surface area contributed by atoms with Gasteiger partial charge in [0.2, 0.25) is 5.78 Å². The summed E-state index contributed by atoms with van der Waals surface area (Å²) in [6, 6.07) is 7.40. The minimum atomic E-state index is -2.67. The molecule has 7 N–H and O–H groups in total. The molecule has 10 heteroatoms. The first kappa shape index (κ1) is 29.1. The Morgan fingerprint density at radius 2 is 1.79 bits per heavy atom. The van der Waals surface area contributed by atoms with Crippen molar-refractivity contribution >= 4 is 29.3 Å². The number of rotatable bonds is 6. The first-order chi connectivity index (χ1) is 19.8. The number of aliphatic hydroxyl groups excluding tert-OH is 2. The van der Waals surface area contributed by atoms with E-state index in [0.29, 0.717) is 24.0 Å². The summed E-state index contributed by atoms with van der Waals surface area (Å²) in [5, 5.41) is 54.7. The number of fused-ring (bicyclic) bond motifs is 3. The van der Waals surface area contributed by atoms with Crippen LogP contribution in [0.3, 0.4) is 0 Å². The molecule has 1 saturated carbocycles. The van der Waals surface area contributed by atoms with Gasteiger partial charge in [-0.1, -0.05) is 37.3 Å². The fourth-order valence-corrected chi connectivity index (χ4v) is 6.80. The van der Waals surface area contributed by atoms with Crippen LogP contribution in [-0.2, 0) is 33.6 Å². The lowest BCUT2D eigenvalue weighted by molar-refractivity contribution is -0.153. The van der Waals surface area contributed by atoms with Crippen LogP contribution in [0.25, 0.3) is 11.8 Å². The number of carbonyl (C=O) groups excluding carboxylic acids is 3. The Morgan fingerprint density at radius 1 is 1.10 bits per heavy atom. The van der Waals surface area contributed by atoms with Gasteiger partial charge >= 0.3 is 0 Å². The second-order valence-corrected chi connectivity index (χ2v) is 11.4. The van der Waals surface area contributed by atoms with Crippen LogP contribution >= 0.6 is 0 Å². The first-order valence-corrected chi connectivity index (χ1v) is 13.8. The van der Waals surface area contributed by atoms with Crippen molar-refractivity contribution in [3.63, 3.8) is 0 Å². The predicted molar refractivity (Wildman–Crippen MR) is 154 cm³/mol. The summed E-state index contributed by atoms with van der Waals surface area (Å²) in [6.07, 6.45) is 5.27. The van der Waals surface area contributed by atoms with Crippen molar-refractivity contribution in [3.05, 3.63) is 81.1 Å². The van der Waals surface area contributed by atoms with Crippen LogP contribution in [0.5, 0.6) is 11.5 Å². The molecule has 4 atom stereocenters. The highest BCUT2D eigenvalue weighted by atomic mass is 16.3. The van der Waals surface area contributed by atoms with Crippen molar-refractivity contribution in [2.75, 3.05) is 14.1 Å². The van der Waals surface area contributed by atoms with Gasteiger partial charge in [-0.2, -0.15) is 0 Å². The van der Waals surface area contributed by atoms with Gasteiger partial charge in [0.15, 0.2) is 11.4 Å². The van der Waals surface area contributed by atoms with Crippen molar-refractivity contribution in [2.45, 2.75) is 44.2 Å². The van der Waals surface area contributed by atoms with Gasteiger partial charge in [0.1, 0.15) is 28.6 Å². The number of nitrogens with two attached hydrogens (primary N) is 1. The highest BCUT2D eigenvalue weighted by Crippen LogP contribution is 2.53. The molecule has 3 aliphatic carbocycles. The monoisotopic (exact) mass is 574 g/mol. The first-order valence-electron chi connectivity index (χ1n) is 13.8. The molecule has 2 aromatic carbocycles. The third-order valence-electron chi connectivity index (χ3n) is 8.82. The van der Waals surface area contributed by atoms with E-state index in [2.05, 4.69) is 0 Å². The third kappa shape index (κ3) is 4.29. The highest BCUT2D eigenvalue weighted by molar-refractivity contribution is 6.24. The van der Waals surface area contributed by atoms with Gasteiger partial charge in [-0.05, 0) is 80.1 Å². The summed E-state index contributed by atoms with van der Waals surface area (Å²) in [4.78, 5) is 40.8. The molecule has 220 valence electrons. The van der Waals surface area contributed by atoms with E-state index in [0.717, 1.165) is 11.1 Å². The van der Waals surface area contributed by atoms with Gasteiger partial charge in [-0.3, -0.25) is 19.3 Å². The predicted octanol–water partition coefficient (Wildman–Crippen LogP) is 2.49. The van der Waals surface area contributed by atoms with Gasteiger partial charge < -0.3 is 31.3 Å². The number of carbonyl (C=O) groups is 3. The summed E-state index contributed by atoms with van der Waals surface area (Å²) in [6.45, 7) is 1.96. The molecule has 0 saturated heterocycles. The van der Waals surface area contributed by atoms with Gasteiger partial charge in [-0.25, -0.2) is 0 Å². The summed E-state index contributed by atoms with van der Waals surface area (Å²) < 4.78 is 0. The van der Waals surface area contributed by atoms with E-state index in [1.54, 1.807) is 26.2 Å². The van der Waals surface area contributed by atoms with Gasteiger partial charge in [0.25, 0.3) is 5.91 Å². The molecule has 0 heterocycles. The number of amides is 1. The summed E-state index contributed by atoms with van der Waals surface area (Å²) >= 11 is 0. The molecular weight excluding hydrogens is 540 g/mol. The standard InChI is InChI=1S/C32H34N2O8/c1-4-16-12-15(8-10-21(16)35)6-5-7-17-9-11-22(36)24-19(17)13-18-14-20-26(34(2)3)28(38)25(31(33)41)30(40)32(20,42)29(39)23(18)27(24)37/h5,7-12,18,20,26,35-37,40,42H,4,6,13-14H2,1-3H3,(H2,33,41)/b7-5-/t18-,20-,26-,32-/m0/s1. The fourth-order valence-electron chi connectivity index (χ4n) is 6.80. The van der Waals surface area contributed by atoms with E-state index < -0.39 is 58.0 Å². The molecule has 42 heavy (non-hydrogen) atoms. The molecule has 0 radical (unpaired) electrons. The van der Waals surface area contributed by atoms with Crippen LogP contribution in [-0.4, -0.2) is 73.6 Å². The third-order valence-corrected chi connectivity index (χ3v) is 8.82. The summed E-state index contributed by atoms with van der Waals surface area (Å²) in [5.41, 5.74) is 4.86. The molecule has 0 aromatic heterocycles. The number of aliphatic hydroxyl groups is 3. The van der Waals surface area contributed by atoms with Crippen LogP contribution in [0, 0.1) is 11.8 Å². The van der Waals surface area contributed by atoms with E-state index in [1.807, 2.05) is 31.2 Å². The Kier molecular flexibility index (Phi) is 7.24. The number of phenols is 2. The molecular formula is C32H34N2O8. The van der Waals surface area contributed by atoms with Gasteiger partial charge in [-0.15, -0.1) is 0 Å². The lowest BCUT2D eigenvalue weighted by Crippen LogP contribution is -2.65. The number of phenolic OH excluding ortho intramolecular Hbond substituents is 2. The van der Waals surface area contributed by atoms with E-state index in [1.165, 1.54) is 11.0 Å². The van der Waals surface area contributed by atoms with Crippen LogP contribution in [0.4, 0.5) is 0 Å². The topological polar surface area (TPSA) is 182 Å². The molecule has 10 nitrogen and oxygen atoms in total. The smallest absolute Gasteiger partial charge is 0.255 e. The van der Waals surface area contributed by atoms with E-state index >= 15 is 0 Å². The van der Waals surface area contributed by atoms with Crippen molar-refractivity contribution in [3.8, 4) is 11.5 Å². The maximum atomic E-state index is 13.9. The number of allylic oxidation sites excluding steroid dienone is 1. The van der Waals surface area contributed by atoms with E-state index in [4.69, 9.17) is 5.73 Å². The number of hydrogen-bond acceptors (Lipinski definition) is 9. The number of likely N-dealkylation sites (N-methyl/N-ethyl adjacent to an activating group) is 1. The van der Waals surface area contributed by atoms with Crippen LogP contribution in [0.15, 0.2) is 53.3 Å². The maximum absolute atomic E-state index is 13.9. The number of aromatic hydroxyl groups is 2. The Morgan fingerprint density at radius 3 is 2.43 bits per heavy atom. The maximum Gasteiger partial charge on any atom is 0.255 e. The number of benzene rings is 2. The summed E-state index contributed by atoms with van der Waals surface area (Å²) in [7, 11) is 3.12. The van der Waals surface area contributed by atoms with Crippen LogP contribution < -0.4 is 5.73 Å². The number of primary amides is 1. The molecule has 0 bridgehead atoms. The number of ketones is 2. The Hall–Kier alpha value is -4.41. The molecule has 1 fully saturated rings. The number of aryl methyl sites for hydroxylation is 1. The average Bonchev–Trinajstić information content (AvgIpc) is 2.92. The molecule has 0 unspecified atom stereocenters. The molecule has 3 aliphatic rings. The molecule has 0 aliphatic heterocycles. The second-order valence-electron chi connectivity index (χ2n) is 11.4. The SMILES string of the molecule is CCc1cc(C/C=C\c2ccc(O)c3c2C[C@H]2C[C@H]4[C@H](N(C)C)C(=O)C(C(N)=O)=C(O)[C@@]4(O)C(=O)C2=C3O)ccc1O. The lowest BCUT2D eigenvalue weighted by atomic mass is 9.57. The minimum Gasteiger partial charge on any atom is -0.508 e. The quantitative estimate of drug-likeness (QED) is 0.282. The fraction of sp³-hybridized carbons (Fsp3) is 0.344. The van der Waals surface area contributed by atoms with E-state index in [-0.39, 0.29) is 35.5 Å². The normalized spacial score (nSPS) is 25.6. The molecule has 0 spiro atoms. The van der Waals surface area contributed by atoms with Gasteiger partial charge in [0, 0.05) is 11.5 Å². The van der Waals surface area contributed by atoms with E-state index in [9.17, 15) is 39.9 Å². The number of hydrogen-bond donors (Lipinski definition) is 6. The zero-order chi connectivity index (χ0) is 30.7. The Bertz CT molecular complexity index is 1620. The minimum absolute atomic E-state index is 0.0257. The molecule has 1 amide bonds. The van der Waals surface area contributed by atoms with Crippen LogP contribution in [0.2, 0.25) is 0 Å². The van der Waals surface area contributed by atoms with Crippen molar-refractivity contribution in [1.29, 1.82) is 0 Å². The molecule has 2 aromatic rings. The van der Waals surface area contributed by atoms with Crippen molar-refractivity contribution < 1.29 is 39.9 Å². The van der Waals surface area contributed by atoms with Crippen molar-refractivity contribution in [1.82, 2.24) is 4.90 Å². The van der Waals surface area contributed by atoms with Crippen molar-refractivity contribution in [2.24, 2.45) is 17.6 Å². The zero-order valence-electron chi connectivity index (χ0n) is 23.6. The largest absolute Gasteiger partial charge is 0.508 e. The molecule has 5 rings (SSSR count).